The number of nitrogens with one attached hydrogen (secondary N) is 1. The van der Waals surface area contributed by atoms with Crippen molar-refractivity contribution in [3.05, 3.63) is 35.6 Å². The molecular weight excluding hydrogens is 281 g/mol. The van der Waals surface area contributed by atoms with E-state index in [0.717, 1.165) is 31.4 Å². The maximum atomic E-state index is 13.0. The lowest BCUT2D eigenvalue weighted by molar-refractivity contribution is -0.128. The van der Waals surface area contributed by atoms with Gasteiger partial charge in [-0.25, -0.2) is 4.39 Å². The van der Waals surface area contributed by atoms with Gasteiger partial charge in [-0.2, -0.15) is 0 Å². The molecule has 1 aromatic carbocycles. The third-order valence-electron chi connectivity index (χ3n) is 4.24. The molecule has 1 aromatic rings. The highest BCUT2D eigenvalue weighted by Gasteiger charge is 2.28. The van der Waals surface area contributed by atoms with Crippen molar-refractivity contribution in [1.82, 2.24) is 10.2 Å². The van der Waals surface area contributed by atoms with E-state index in [1.165, 1.54) is 12.1 Å². The van der Waals surface area contributed by atoms with Crippen LogP contribution < -0.4 is 11.1 Å². The molecule has 0 aliphatic carbocycles. The Bertz CT molecular complexity index is 477. The number of rotatable bonds is 6. The predicted octanol–water partition coefficient (Wildman–Crippen LogP) is 1.89. The van der Waals surface area contributed by atoms with Crippen LogP contribution in [0.2, 0.25) is 0 Å². The number of benzene rings is 1. The molecule has 1 fully saturated rings. The second-order valence-corrected chi connectivity index (χ2v) is 6.19. The number of halogens is 1. The minimum absolute atomic E-state index is 0.0853. The van der Waals surface area contributed by atoms with Gasteiger partial charge in [-0.3, -0.25) is 9.69 Å². The van der Waals surface area contributed by atoms with Gasteiger partial charge in [0, 0.05) is 13.1 Å². The van der Waals surface area contributed by atoms with Gasteiger partial charge >= 0.3 is 0 Å². The van der Waals surface area contributed by atoms with E-state index in [0.29, 0.717) is 19.6 Å². The second kappa shape index (κ2) is 8.25. The first kappa shape index (κ1) is 16.9. The lowest BCUT2D eigenvalue weighted by atomic mass is 10.00. The molecule has 1 aliphatic rings. The van der Waals surface area contributed by atoms with Crippen molar-refractivity contribution < 1.29 is 9.18 Å². The molecule has 2 atom stereocenters. The SMILES string of the molecule is CC(CN)CNC(=O)C1CCCCN1Cc1ccc(F)cc1. The second-order valence-electron chi connectivity index (χ2n) is 6.19. The van der Waals surface area contributed by atoms with Crippen molar-refractivity contribution in [1.29, 1.82) is 0 Å². The summed E-state index contributed by atoms with van der Waals surface area (Å²) in [4.78, 5) is 14.6. The average molecular weight is 307 g/mol. The molecule has 2 rings (SSSR count). The Morgan fingerprint density at radius 2 is 2.14 bits per heavy atom. The number of amides is 1. The van der Waals surface area contributed by atoms with Crippen molar-refractivity contribution in [2.45, 2.75) is 38.8 Å². The third kappa shape index (κ3) is 4.78. The Hall–Kier alpha value is -1.46. The van der Waals surface area contributed by atoms with E-state index in [4.69, 9.17) is 5.73 Å². The first-order valence-electron chi connectivity index (χ1n) is 8.06. The Morgan fingerprint density at radius 1 is 1.41 bits per heavy atom. The topological polar surface area (TPSA) is 58.4 Å². The van der Waals surface area contributed by atoms with Gasteiger partial charge in [0.1, 0.15) is 5.82 Å². The van der Waals surface area contributed by atoms with Gasteiger partial charge < -0.3 is 11.1 Å². The standard InChI is InChI=1S/C17H26FN3O/c1-13(10-19)11-20-17(22)16-4-2-3-9-21(16)12-14-5-7-15(18)8-6-14/h5-8,13,16H,2-4,9-12,19H2,1H3,(H,20,22). The van der Waals surface area contributed by atoms with E-state index in [9.17, 15) is 9.18 Å². The fraction of sp³-hybridized carbons (Fsp3) is 0.588. The molecule has 3 N–H and O–H groups in total. The van der Waals surface area contributed by atoms with Gasteiger partial charge in [-0.15, -0.1) is 0 Å². The number of hydrogen-bond acceptors (Lipinski definition) is 3. The van der Waals surface area contributed by atoms with Gasteiger partial charge in [0.25, 0.3) is 0 Å². The molecule has 5 heteroatoms. The van der Waals surface area contributed by atoms with Crippen LogP contribution in [0.5, 0.6) is 0 Å². The van der Waals surface area contributed by atoms with Crippen molar-refractivity contribution in [3.63, 3.8) is 0 Å². The molecule has 0 saturated carbocycles. The van der Waals surface area contributed by atoms with E-state index in [1.54, 1.807) is 12.1 Å². The number of nitrogens with zero attached hydrogens (tertiary/aromatic N) is 1. The summed E-state index contributed by atoms with van der Waals surface area (Å²) >= 11 is 0. The van der Waals surface area contributed by atoms with Crippen molar-refractivity contribution in [2.75, 3.05) is 19.6 Å². The minimum Gasteiger partial charge on any atom is -0.354 e. The summed E-state index contributed by atoms with van der Waals surface area (Å²) in [6, 6.07) is 6.42. The molecular formula is C17H26FN3O. The largest absolute Gasteiger partial charge is 0.354 e. The number of hydrogen-bond donors (Lipinski definition) is 2. The molecule has 0 spiro atoms. The van der Waals surface area contributed by atoms with Crippen LogP contribution >= 0.6 is 0 Å². The van der Waals surface area contributed by atoms with Crippen molar-refractivity contribution >= 4 is 5.91 Å². The fourth-order valence-electron chi connectivity index (χ4n) is 2.78. The van der Waals surface area contributed by atoms with E-state index in [1.807, 2.05) is 6.92 Å². The van der Waals surface area contributed by atoms with Crippen LogP contribution in [-0.4, -0.2) is 36.5 Å². The van der Waals surface area contributed by atoms with Crippen molar-refractivity contribution in [2.24, 2.45) is 11.7 Å². The lowest BCUT2D eigenvalue weighted by Crippen LogP contribution is -2.50. The van der Waals surface area contributed by atoms with Crippen LogP contribution in [0, 0.1) is 11.7 Å². The average Bonchev–Trinajstić information content (AvgIpc) is 2.55. The highest BCUT2D eigenvalue weighted by atomic mass is 19.1. The summed E-state index contributed by atoms with van der Waals surface area (Å²) in [7, 11) is 0. The normalized spacial score (nSPS) is 20.6. The monoisotopic (exact) mass is 307 g/mol. The highest BCUT2D eigenvalue weighted by molar-refractivity contribution is 5.81. The molecule has 0 bridgehead atoms. The van der Waals surface area contributed by atoms with Gasteiger partial charge in [0.05, 0.1) is 6.04 Å². The molecule has 2 unspecified atom stereocenters. The zero-order valence-corrected chi connectivity index (χ0v) is 13.2. The molecule has 0 radical (unpaired) electrons. The smallest absolute Gasteiger partial charge is 0.237 e. The van der Waals surface area contributed by atoms with Gasteiger partial charge in [0.15, 0.2) is 0 Å². The maximum absolute atomic E-state index is 13.0. The Morgan fingerprint density at radius 3 is 2.82 bits per heavy atom. The number of piperidine rings is 1. The quantitative estimate of drug-likeness (QED) is 0.844. The van der Waals surface area contributed by atoms with E-state index in [-0.39, 0.29) is 23.7 Å². The maximum Gasteiger partial charge on any atom is 0.237 e. The summed E-state index contributed by atoms with van der Waals surface area (Å²) < 4.78 is 13.0. The Kier molecular flexibility index (Phi) is 6.34. The van der Waals surface area contributed by atoms with Crippen LogP contribution in [0.15, 0.2) is 24.3 Å². The summed E-state index contributed by atoms with van der Waals surface area (Å²) in [5.41, 5.74) is 6.62. The molecule has 122 valence electrons. The molecule has 1 heterocycles. The summed E-state index contributed by atoms with van der Waals surface area (Å²) in [5, 5.41) is 3.01. The van der Waals surface area contributed by atoms with E-state index >= 15 is 0 Å². The first-order chi connectivity index (χ1) is 10.6. The zero-order valence-electron chi connectivity index (χ0n) is 13.2. The van der Waals surface area contributed by atoms with Crippen LogP contribution in [0.4, 0.5) is 4.39 Å². The third-order valence-corrected chi connectivity index (χ3v) is 4.24. The molecule has 4 nitrogen and oxygen atoms in total. The van der Waals surface area contributed by atoms with Gasteiger partial charge in [-0.1, -0.05) is 25.5 Å². The molecule has 0 aromatic heterocycles. The molecule has 1 amide bonds. The number of carbonyl (C=O) groups is 1. The number of carbonyl (C=O) groups excluding carboxylic acids is 1. The number of nitrogens with two attached hydrogens (primary N) is 1. The summed E-state index contributed by atoms with van der Waals surface area (Å²) in [6.45, 7) is 4.81. The first-order valence-corrected chi connectivity index (χ1v) is 8.06. The predicted molar refractivity (Wildman–Crippen MR) is 85.7 cm³/mol. The number of likely N-dealkylation sites (tertiary alicyclic amines) is 1. The van der Waals surface area contributed by atoms with Crippen LogP contribution in [-0.2, 0) is 11.3 Å². The van der Waals surface area contributed by atoms with E-state index in [2.05, 4.69) is 10.2 Å². The summed E-state index contributed by atoms with van der Waals surface area (Å²) in [5.74, 6) is 0.146. The highest BCUT2D eigenvalue weighted by Crippen LogP contribution is 2.20. The van der Waals surface area contributed by atoms with Crippen LogP contribution in [0.1, 0.15) is 31.7 Å². The van der Waals surface area contributed by atoms with Gasteiger partial charge in [0.2, 0.25) is 5.91 Å². The van der Waals surface area contributed by atoms with Crippen LogP contribution in [0.3, 0.4) is 0 Å². The van der Waals surface area contributed by atoms with E-state index < -0.39 is 0 Å². The minimum atomic E-state index is -0.229. The summed E-state index contributed by atoms with van der Waals surface area (Å²) in [6.07, 6.45) is 3.05. The molecule has 1 aliphatic heterocycles. The van der Waals surface area contributed by atoms with Gasteiger partial charge in [-0.05, 0) is 49.5 Å². The zero-order chi connectivity index (χ0) is 15.9. The van der Waals surface area contributed by atoms with Crippen LogP contribution in [0.25, 0.3) is 0 Å². The fourth-order valence-corrected chi connectivity index (χ4v) is 2.78. The van der Waals surface area contributed by atoms with Crippen molar-refractivity contribution in [3.8, 4) is 0 Å². The Balaban J connectivity index is 1.95. The Labute approximate surface area is 131 Å². The molecule has 22 heavy (non-hydrogen) atoms. The lowest BCUT2D eigenvalue weighted by Gasteiger charge is -2.34. The molecule has 1 saturated heterocycles.